The van der Waals surface area contributed by atoms with Gasteiger partial charge in [0.2, 0.25) is 0 Å². The Bertz CT molecular complexity index is 1020. The average Bonchev–Trinajstić information content (AvgIpc) is 3.24. The van der Waals surface area contributed by atoms with E-state index >= 15 is 0 Å². The Labute approximate surface area is 176 Å². The highest BCUT2D eigenvalue weighted by Crippen LogP contribution is 2.33. The number of aryl methyl sites for hydroxylation is 1. The van der Waals surface area contributed by atoms with Gasteiger partial charge in [0.25, 0.3) is 5.91 Å². The van der Waals surface area contributed by atoms with E-state index in [1.165, 1.54) is 22.1 Å². The third kappa shape index (κ3) is 5.20. The summed E-state index contributed by atoms with van der Waals surface area (Å²) in [6.07, 6.45) is -3.73. The molecule has 5 nitrogen and oxygen atoms in total. The van der Waals surface area contributed by atoms with E-state index in [1.54, 1.807) is 19.1 Å². The lowest BCUT2D eigenvalue weighted by molar-refractivity contribution is -0.137. The largest absolute Gasteiger partial charge is 0.416 e. The molecule has 0 saturated heterocycles. The lowest BCUT2D eigenvalue weighted by Crippen LogP contribution is -2.24. The number of amides is 1. The molecule has 2 aromatic heterocycles. The number of benzene rings is 1. The number of hydrogen-bond acceptors (Lipinski definition) is 4. The molecule has 0 unspecified atom stereocenters. The molecule has 0 aliphatic heterocycles. The first-order valence-electron chi connectivity index (χ1n) is 9.69. The number of aromatic nitrogens is 2. The van der Waals surface area contributed by atoms with E-state index < -0.39 is 11.7 Å². The van der Waals surface area contributed by atoms with Crippen molar-refractivity contribution in [2.75, 3.05) is 19.8 Å². The Kier molecular flexibility index (Phi) is 6.82. The van der Waals surface area contributed by atoms with E-state index in [1.807, 2.05) is 0 Å². The second kappa shape index (κ2) is 9.18. The van der Waals surface area contributed by atoms with E-state index in [0.717, 1.165) is 17.5 Å². The highest BCUT2D eigenvalue weighted by Gasteiger charge is 2.30. The fourth-order valence-electron chi connectivity index (χ4n) is 2.93. The molecule has 0 bridgehead atoms. The summed E-state index contributed by atoms with van der Waals surface area (Å²) in [5.41, 5.74) is 0.217. The molecule has 30 heavy (non-hydrogen) atoms. The maximum Gasteiger partial charge on any atom is 0.416 e. The van der Waals surface area contributed by atoms with Crippen LogP contribution in [0.1, 0.15) is 41.2 Å². The van der Waals surface area contributed by atoms with Gasteiger partial charge < -0.3 is 10.1 Å². The molecule has 1 aromatic carbocycles. The molecule has 0 fully saturated rings. The van der Waals surface area contributed by atoms with Gasteiger partial charge in [-0.15, -0.1) is 11.3 Å². The predicted molar refractivity (Wildman–Crippen MR) is 111 cm³/mol. The fraction of sp³-hybridized carbons (Fsp3) is 0.429. The summed E-state index contributed by atoms with van der Waals surface area (Å²) in [7, 11) is 0. The second-order valence-corrected chi connectivity index (χ2v) is 8.48. The SMILES string of the molecule is Cc1nn(-c2cccc(C(F)(F)F)c2)c2sc(C(=O)NCCCOCC(C)C)cc12. The lowest BCUT2D eigenvalue weighted by atomic mass is 10.2. The summed E-state index contributed by atoms with van der Waals surface area (Å²) in [5, 5.41) is 7.98. The van der Waals surface area contributed by atoms with Gasteiger partial charge in [-0.2, -0.15) is 18.3 Å². The Morgan fingerprint density at radius 2 is 2.07 bits per heavy atom. The highest BCUT2D eigenvalue weighted by atomic mass is 32.1. The summed E-state index contributed by atoms with van der Waals surface area (Å²) in [6, 6.07) is 6.73. The van der Waals surface area contributed by atoms with Crippen molar-refractivity contribution in [2.45, 2.75) is 33.4 Å². The average molecular weight is 440 g/mol. The summed E-state index contributed by atoms with van der Waals surface area (Å²) in [5.74, 6) is 0.257. The van der Waals surface area contributed by atoms with Crippen LogP contribution in [0.4, 0.5) is 13.2 Å². The minimum Gasteiger partial charge on any atom is -0.381 e. The Balaban J connectivity index is 1.74. The molecule has 162 valence electrons. The molecule has 0 aliphatic carbocycles. The molecule has 0 aliphatic rings. The van der Waals surface area contributed by atoms with Crippen molar-refractivity contribution in [1.29, 1.82) is 0 Å². The number of thiophene rings is 1. The van der Waals surface area contributed by atoms with Crippen molar-refractivity contribution >= 4 is 27.5 Å². The topological polar surface area (TPSA) is 56.2 Å². The number of halogens is 3. The van der Waals surface area contributed by atoms with Crippen LogP contribution in [-0.2, 0) is 10.9 Å². The molecular weight excluding hydrogens is 415 g/mol. The first kappa shape index (κ1) is 22.3. The van der Waals surface area contributed by atoms with Crippen LogP contribution in [0.15, 0.2) is 30.3 Å². The van der Waals surface area contributed by atoms with Crippen LogP contribution in [0.3, 0.4) is 0 Å². The summed E-state index contributed by atoms with van der Waals surface area (Å²) in [4.78, 5) is 13.6. The van der Waals surface area contributed by atoms with Gasteiger partial charge in [-0.3, -0.25) is 4.79 Å². The number of hydrogen-bond donors (Lipinski definition) is 1. The number of fused-ring (bicyclic) bond motifs is 1. The zero-order valence-corrected chi connectivity index (χ0v) is 17.9. The van der Waals surface area contributed by atoms with Gasteiger partial charge in [0, 0.05) is 25.1 Å². The van der Waals surface area contributed by atoms with E-state index in [0.29, 0.717) is 53.2 Å². The quantitative estimate of drug-likeness (QED) is 0.491. The standard InChI is InChI=1S/C21H24F3N3O2S/c1-13(2)12-29-9-5-8-25-19(28)18-11-17-14(3)26-27(20(17)30-18)16-7-4-6-15(10-16)21(22,23)24/h4,6-7,10-11,13H,5,8-9,12H2,1-3H3,(H,25,28). The van der Waals surface area contributed by atoms with Gasteiger partial charge in [0.1, 0.15) is 4.83 Å². The Hall–Kier alpha value is -2.39. The number of alkyl halides is 3. The normalized spacial score (nSPS) is 12.1. The van der Waals surface area contributed by atoms with Crippen molar-refractivity contribution in [3.8, 4) is 5.69 Å². The predicted octanol–water partition coefficient (Wildman–Crippen LogP) is 5.21. The summed E-state index contributed by atoms with van der Waals surface area (Å²) in [6.45, 7) is 7.68. The Morgan fingerprint density at radius 1 is 1.30 bits per heavy atom. The lowest BCUT2D eigenvalue weighted by Gasteiger charge is -2.09. The number of ether oxygens (including phenoxy) is 1. The van der Waals surface area contributed by atoms with Gasteiger partial charge >= 0.3 is 6.18 Å². The van der Waals surface area contributed by atoms with Crippen LogP contribution in [0.5, 0.6) is 0 Å². The first-order chi connectivity index (χ1) is 14.2. The van der Waals surface area contributed by atoms with Gasteiger partial charge in [-0.25, -0.2) is 4.68 Å². The number of nitrogens with zero attached hydrogens (tertiary/aromatic N) is 2. The van der Waals surface area contributed by atoms with Gasteiger partial charge in [0.05, 0.1) is 21.8 Å². The van der Waals surface area contributed by atoms with Crippen molar-refractivity contribution < 1.29 is 22.7 Å². The van der Waals surface area contributed by atoms with E-state index in [2.05, 4.69) is 24.3 Å². The van der Waals surface area contributed by atoms with Crippen molar-refractivity contribution in [2.24, 2.45) is 5.92 Å². The van der Waals surface area contributed by atoms with Crippen molar-refractivity contribution in [3.05, 3.63) is 46.5 Å². The first-order valence-corrected chi connectivity index (χ1v) is 10.5. The van der Waals surface area contributed by atoms with Gasteiger partial charge in [0.15, 0.2) is 0 Å². The summed E-state index contributed by atoms with van der Waals surface area (Å²) < 4.78 is 46.1. The van der Waals surface area contributed by atoms with Crippen LogP contribution in [-0.4, -0.2) is 35.4 Å². The molecule has 9 heteroatoms. The molecule has 1 N–H and O–H groups in total. The fourth-order valence-corrected chi connectivity index (χ4v) is 4.03. The van der Waals surface area contributed by atoms with Gasteiger partial charge in [-0.05, 0) is 43.5 Å². The minimum absolute atomic E-state index is 0.213. The van der Waals surface area contributed by atoms with Crippen LogP contribution in [0.25, 0.3) is 15.9 Å². The third-order valence-corrected chi connectivity index (χ3v) is 5.50. The monoisotopic (exact) mass is 439 g/mol. The molecule has 3 aromatic rings. The third-order valence-electron chi connectivity index (χ3n) is 4.39. The van der Waals surface area contributed by atoms with Crippen LogP contribution >= 0.6 is 11.3 Å². The van der Waals surface area contributed by atoms with Gasteiger partial charge in [-0.1, -0.05) is 19.9 Å². The molecule has 2 heterocycles. The van der Waals surface area contributed by atoms with E-state index in [9.17, 15) is 18.0 Å². The van der Waals surface area contributed by atoms with E-state index in [-0.39, 0.29) is 5.91 Å². The molecule has 0 spiro atoms. The summed E-state index contributed by atoms with van der Waals surface area (Å²) >= 11 is 1.21. The van der Waals surface area contributed by atoms with Crippen LogP contribution in [0.2, 0.25) is 0 Å². The smallest absolute Gasteiger partial charge is 0.381 e. The Morgan fingerprint density at radius 3 is 2.77 bits per heavy atom. The molecule has 0 saturated carbocycles. The van der Waals surface area contributed by atoms with Crippen LogP contribution < -0.4 is 5.32 Å². The maximum atomic E-state index is 13.1. The zero-order chi connectivity index (χ0) is 21.9. The molecule has 0 atom stereocenters. The number of rotatable bonds is 8. The highest BCUT2D eigenvalue weighted by molar-refractivity contribution is 7.20. The van der Waals surface area contributed by atoms with Crippen LogP contribution in [0, 0.1) is 12.8 Å². The maximum absolute atomic E-state index is 13.1. The molecule has 3 rings (SSSR count). The minimum atomic E-state index is -4.43. The number of carbonyl (C=O) groups excluding carboxylic acids is 1. The molecule has 1 amide bonds. The van der Waals surface area contributed by atoms with Crippen molar-refractivity contribution in [1.82, 2.24) is 15.1 Å². The van der Waals surface area contributed by atoms with E-state index in [4.69, 9.17) is 4.74 Å². The number of carbonyl (C=O) groups is 1. The number of nitrogens with one attached hydrogen (secondary N) is 1. The van der Waals surface area contributed by atoms with Crippen molar-refractivity contribution in [3.63, 3.8) is 0 Å². The molecular formula is C21H24F3N3O2S. The molecule has 0 radical (unpaired) electrons. The second-order valence-electron chi connectivity index (χ2n) is 7.45. The zero-order valence-electron chi connectivity index (χ0n) is 17.0.